The second-order valence-electron chi connectivity index (χ2n) is 6.39. The SMILES string of the molecule is CC(=O)Nc1cn2cc(-c3c(Cl)c(F)c(NCCCO)c4[nH]ncc34)ncc2n1. The summed E-state index contributed by atoms with van der Waals surface area (Å²) in [6.45, 7) is 1.76. The second-order valence-corrected chi connectivity index (χ2v) is 6.76. The molecule has 0 aliphatic carbocycles. The number of hydrogen-bond donors (Lipinski definition) is 4. The quantitative estimate of drug-likeness (QED) is 0.358. The molecule has 0 aliphatic heterocycles. The van der Waals surface area contributed by atoms with Crippen LogP contribution in [-0.2, 0) is 4.79 Å². The van der Waals surface area contributed by atoms with Crippen LogP contribution in [0.2, 0.25) is 5.02 Å². The maximum atomic E-state index is 15.0. The normalized spacial score (nSPS) is 11.3. The molecule has 4 rings (SSSR count). The molecule has 4 N–H and O–H groups in total. The van der Waals surface area contributed by atoms with Crippen molar-refractivity contribution < 1.29 is 14.3 Å². The van der Waals surface area contributed by atoms with E-state index in [0.29, 0.717) is 46.6 Å². The van der Waals surface area contributed by atoms with Crippen LogP contribution >= 0.6 is 11.6 Å². The van der Waals surface area contributed by atoms with E-state index in [1.807, 2.05) is 0 Å². The number of nitrogens with zero attached hydrogens (tertiary/aromatic N) is 4. The lowest BCUT2D eigenvalue weighted by molar-refractivity contribution is -0.114. The topological polar surface area (TPSA) is 120 Å². The number of amides is 1. The van der Waals surface area contributed by atoms with E-state index >= 15 is 4.39 Å². The summed E-state index contributed by atoms with van der Waals surface area (Å²) in [5.41, 5.74) is 1.96. The monoisotopic (exact) mass is 417 g/mol. The first-order chi connectivity index (χ1) is 14.0. The Labute approximate surface area is 168 Å². The number of aliphatic hydroxyl groups excluding tert-OH is 1. The molecule has 0 bridgehead atoms. The minimum atomic E-state index is -0.636. The molecule has 11 heteroatoms. The number of fused-ring (bicyclic) bond motifs is 2. The largest absolute Gasteiger partial charge is 0.396 e. The van der Waals surface area contributed by atoms with E-state index in [2.05, 4.69) is 30.8 Å². The smallest absolute Gasteiger partial charge is 0.222 e. The summed E-state index contributed by atoms with van der Waals surface area (Å²) in [7, 11) is 0. The van der Waals surface area contributed by atoms with Crippen molar-refractivity contribution in [3.8, 4) is 11.3 Å². The highest BCUT2D eigenvalue weighted by molar-refractivity contribution is 6.35. The van der Waals surface area contributed by atoms with Crippen molar-refractivity contribution in [3.63, 3.8) is 0 Å². The summed E-state index contributed by atoms with van der Waals surface area (Å²) in [5, 5.41) is 21.8. The van der Waals surface area contributed by atoms with Crippen LogP contribution in [0.15, 0.2) is 24.8 Å². The van der Waals surface area contributed by atoms with Gasteiger partial charge in [-0.2, -0.15) is 5.10 Å². The molecule has 4 aromatic rings. The van der Waals surface area contributed by atoms with Gasteiger partial charge in [-0.1, -0.05) is 11.6 Å². The van der Waals surface area contributed by atoms with Gasteiger partial charge in [0.2, 0.25) is 5.91 Å². The number of aliphatic hydroxyl groups is 1. The molecule has 0 aliphatic rings. The molecule has 0 radical (unpaired) electrons. The van der Waals surface area contributed by atoms with Crippen molar-refractivity contribution >= 4 is 45.6 Å². The first-order valence-electron chi connectivity index (χ1n) is 8.81. The molecule has 3 heterocycles. The van der Waals surface area contributed by atoms with Gasteiger partial charge in [0.05, 0.1) is 40.5 Å². The number of aromatic nitrogens is 5. The number of nitrogens with one attached hydrogen (secondary N) is 3. The van der Waals surface area contributed by atoms with Crippen LogP contribution in [0.4, 0.5) is 15.9 Å². The molecule has 1 aromatic carbocycles. The van der Waals surface area contributed by atoms with Crippen LogP contribution in [-0.4, -0.2) is 48.7 Å². The third kappa shape index (κ3) is 3.47. The lowest BCUT2D eigenvalue weighted by Crippen LogP contribution is -2.07. The van der Waals surface area contributed by atoms with E-state index in [-0.39, 0.29) is 23.2 Å². The highest BCUT2D eigenvalue weighted by Crippen LogP contribution is 2.40. The maximum Gasteiger partial charge on any atom is 0.222 e. The summed E-state index contributed by atoms with van der Waals surface area (Å²) in [5.74, 6) is -0.496. The van der Waals surface area contributed by atoms with Gasteiger partial charge < -0.3 is 20.1 Å². The standard InChI is InChI=1S/C18H17ClFN7O2/c1-9(29)24-12-8-27-7-11(22-6-13(27)25-12)14-10-5-23-26-17(10)18(16(20)15(14)19)21-3-2-4-28/h5-8,21,28H,2-4H2,1H3,(H,23,26)(H,24,29). The van der Waals surface area contributed by atoms with Crippen molar-refractivity contribution in [2.45, 2.75) is 13.3 Å². The van der Waals surface area contributed by atoms with Gasteiger partial charge in [-0.3, -0.25) is 14.9 Å². The number of carbonyl (C=O) groups is 1. The highest BCUT2D eigenvalue weighted by Gasteiger charge is 2.22. The van der Waals surface area contributed by atoms with E-state index < -0.39 is 5.82 Å². The third-order valence-corrected chi connectivity index (χ3v) is 4.68. The summed E-state index contributed by atoms with van der Waals surface area (Å²) in [4.78, 5) is 19.9. The van der Waals surface area contributed by atoms with Gasteiger partial charge in [0.15, 0.2) is 17.3 Å². The molecule has 1 amide bonds. The Bertz CT molecular complexity index is 1220. The van der Waals surface area contributed by atoms with Crippen LogP contribution in [0.3, 0.4) is 0 Å². The Kier molecular flexibility index (Phi) is 5.03. The molecule has 150 valence electrons. The van der Waals surface area contributed by atoms with E-state index in [9.17, 15) is 4.79 Å². The molecule has 9 nitrogen and oxygen atoms in total. The van der Waals surface area contributed by atoms with Crippen molar-refractivity contribution in [1.82, 2.24) is 24.6 Å². The molecule has 0 saturated heterocycles. The van der Waals surface area contributed by atoms with Crippen LogP contribution in [0.25, 0.3) is 27.8 Å². The third-order valence-electron chi connectivity index (χ3n) is 4.33. The average molecular weight is 418 g/mol. The molecule has 0 spiro atoms. The predicted molar refractivity (Wildman–Crippen MR) is 108 cm³/mol. The Morgan fingerprint density at radius 3 is 2.97 bits per heavy atom. The maximum absolute atomic E-state index is 15.0. The van der Waals surface area contributed by atoms with Crippen molar-refractivity contribution in [3.05, 3.63) is 35.6 Å². The van der Waals surface area contributed by atoms with Crippen LogP contribution in [0.5, 0.6) is 0 Å². The van der Waals surface area contributed by atoms with E-state index in [1.165, 1.54) is 13.1 Å². The Morgan fingerprint density at radius 1 is 1.38 bits per heavy atom. The van der Waals surface area contributed by atoms with Gasteiger partial charge in [-0.15, -0.1) is 0 Å². The lowest BCUT2D eigenvalue weighted by atomic mass is 10.1. The highest BCUT2D eigenvalue weighted by atomic mass is 35.5. The summed E-state index contributed by atoms with van der Waals surface area (Å²) >= 11 is 6.38. The fourth-order valence-corrected chi connectivity index (χ4v) is 3.38. The average Bonchev–Trinajstić information content (AvgIpc) is 3.30. The number of carbonyl (C=O) groups excluding carboxylic acids is 1. The van der Waals surface area contributed by atoms with Gasteiger partial charge in [0.25, 0.3) is 0 Å². The number of H-pyrrole nitrogens is 1. The number of rotatable bonds is 6. The van der Waals surface area contributed by atoms with Crippen molar-refractivity contribution in [1.29, 1.82) is 0 Å². The minimum absolute atomic E-state index is 0.0120. The van der Waals surface area contributed by atoms with E-state index in [1.54, 1.807) is 23.0 Å². The molecule has 0 atom stereocenters. The number of hydrogen-bond acceptors (Lipinski definition) is 6. The molecule has 3 aromatic heterocycles. The number of imidazole rings is 1. The number of halogens is 2. The van der Waals surface area contributed by atoms with E-state index in [0.717, 1.165) is 0 Å². The summed E-state index contributed by atoms with van der Waals surface area (Å²) in [6, 6.07) is 0. The summed E-state index contributed by atoms with van der Waals surface area (Å²) < 4.78 is 16.7. The zero-order valence-electron chi connectivity index (χ0n) is 15.3. The lowest BCUT2D eigenvalue weighted by Gasteiger charge is -2.13. The first kappa shape index (κ1) is 19.1. The van der Waals surface area contributed by atoms with Gasteiger partial charge in [0.1, 0.15) is 0 Å². The van der Waals surface area contributed by atoms with Gasteiger partial charge in [-0.25, -0.2) is 9.37 Å². The second kappa shape index (κ2) is 7.64. The Balaban J connectivity index is 1.83. The Hall–Kier alpha value is -3.24. The summed E-state index contributed by atoms with van der Waals surface area (Å²) in [6.07, 6.45) is 6.80. The van der Waals surface area contributed by atoms with Crippen molar-refractivity contribution in [2.24, 2.45) is 0 Å². The fourth-order valence-electron chi connectivity index (χ4n) is 3.09. The van der Waals surface area contributed by atoms with Crippen LogP contribution in [0, 0.1) is 5.82 Å². The molecular formula is C18H17ClFN7O2. The van der Waals surface area contributed by atoms with Crippen molar-refractivity contribution in [2.75, 3.05) is 23.8 Å². The molecule has 0 fully saturated rings. The molecule has 29 heavy (non-hydrogen) atoms. The number of aromatic amines is 1. The zero-order valence-corrected chi connectivity index (χ0v) is 16.1. The molecule has 0 saturated carbocycles. The zero-order chi connectivity index (χ0) is 20.5. The van der Waals surface area contributed by atoms with Crippen LogP contribution in [0.1, 0.15) is 13.3 Å². The Morgan fingerprint density at radius 2 is 2.21 bits per heavy atom. The molecule has 0 unspecified atom stereocenters. The fraction of sp³-hybridized carbons (Fsp3) is 0.222. The minimum Gasteiger partial charge on any atom is -0.396 e. The van der Waals surface area contributed by atoms with Gasteiger partial charge >= 0.3 is 0 Å². The predicted octanol–water partition coefficient (Wildman–Crippen LogP) is 2.82. The van der Waals surface area contributed by atoms with Crippen LogP contribution < -0.4 is 10.6 Å². The van der Waals surface area contributed by atoms with Gasteiger partial charge in [0, 0.05) is 37.2 Å². The number of anilines is 2. The van der Waals surface area contributed by atoms with Gasteiger partial charge in [-0.05, 0) is 6.42 Å². The first-order valence-corrected chi connectivity index (χ1v) is 9.19. The van der Waals surface area contributed by atoms with E-state index in [4.69, 9.17) is 16.7 Å². The number of benzene rings is 1. The molecular weight excluding hydrogens is 401 g/mol.